The van der Waals surface area contributed by atoms with Gasteiger partial charge in [0.1, 0.15) is 0 Å². The highest BCUT2D eigenvalue weighted by atomic mass is 19.4. The Morgan fingerprint density at radius 2 is 1.76 bits per heavy atom. The molecule has 2 aliphatic rings. The third-order valence-corrected chi connectivity index (χ3v) is 4.79. The summed E-state index contributed by atoms with van der Waals surface area (Å²) in [6, 6.07) is 3.62. The van der Waals surface area contributed by atoms with Crippen molar-refractivity contribution in [1.82, 2.24) is 5.32 Å². The fraction of sp³-hybridized carbons (Fsp3) is 0.647. The molecule has 1 aliphatic heterocycles. The highest BCUT2D eigenvalue weighted by molar-refractivity contribution is 5.56. The first-order valence-electron chi connectivity index (χ1n) is 8.40. The number of alkyl halides is 6. The third kappa shape index (κ3) is 4.59. The van der Waals surface area contributed by atoms with E-state index in [2.05, 4.69) is 5.32 Å². The fourth-order valence-corrected chi connectivity index (χ4v) is 3.22. The van der Waals surface area contributed by atoms with E-state index in [1.54, 1.807) is 4.90 Å². The summed E-state index contributed by atoms with van der Waals surface area (Å²) < 4.78 is 78.0. The molecule has 0 radical (unpaired) electrons. The Kier molecular flexibility index (Phi) is 4.92. The average molecular weight is 366 g/mol. The fourth-order valence-electron chi connectivity index (χ4n) is 3.22. The van der Waals surface area contributed by atoms with Crippen molar-refractivity contribution in [3.63, 3.8) is 0 Å². The molecule has 1 aromatic rings. The van der Waals surface area contributed by atoms with E-state index >= 15 is 0 Å². The van der Waals surface area contributed by atoms with Crippen LogP contribution in [0.3, 0.4) is 0 Å². The lowest BCUT2D eigenvalue weighted by atomic mass is 9.96. The van der Waals surface area contributed by atoms with Crippen LogP contribution in [0, 0.1) is 5.92 Å². The van der Waals surface area contributed by atoms with E-state index in [1.807, 2.05) is 0 Å². The molecular formula is C17H20F6N2. The zero-order valence-electron chi connectivity index (χ0n) is 13.6. The van der Waals surface area contributed by atoms with Crippen molar-refractivity contribution in [2.75, 3.05) is 18.0 Å². The van der Waals surface area contributed by atoms with Crippen molar-refractivity contribution in [2.24, 2.45) is 5.92 Å². The maximum atomic E-state index is 13.0. The molecule has 1 unspecified atom stereocenters. The van der Waals surface area contributed by atoms with E-state index in [-0.39, 0.29) is 19.5 Å². The Morgan fingerprint density at radius 1 is 1.04 bits per heavy atom. The van der Waals surface area contributed by atoms with Crippen LogP contribution in [0.15, 0.2) is 18.2 Å². The molecule has 3 rings (SSSR count). The van der Waals surface area contributed by atoms with Gasteiger partial charge >= 0.3 is 12.4 Å². The normalized spacial score (nSPS) is 22.3. The highest BCUT2D eigenvalue weighted by Crippen LogP contribution is 2.38. The lowest BCUT2D eigenvalue weighted by molar-refractivity contribution is -0.176. The first-order chi connectivity index (χ1) is 11.6. The molecule has 1 N–H and O–H groups in total. The number of anilines is 1. The molecule has 1 aliphatic carbocycles. The van der Waals surface area contributed by atoms with Gasteiger partial charge in [-0.05, 0) is 49.4 Å². The Balaban J connectivity index is 1.85. The first kappa shape index (κ1) is 18.4. The van der Waals surface area contributed by atoms with Gasteiger partial charge in [0.05, 0.1) is 11.5 Å². The Bertz CT molecular complexity index is 606. The molecule has 0 bridgehead atoms. The van der Waals surface area contributed by atoms with Crippen LogP contribution in [-0.4, -0.2) is 25.3 Å². The van der Waals surface area contributed by atoms with Gasteiger partial charge in [-0.3, -0.25) is 0 Å². The van der Waals surface area contributed by atoms with Crippen LogP contribution in [-0.2, 0) is 12.7 Å². The van der Waals surface area contributed by atoms with Crippen molar-refractivity contribution in [1.29, 1.82) is 0 Å². The highest BCUT2D eigenvalue weighted by Gasteiger charge is 2.42. The number of piperidine rings is 1. The number of hydrogen-bond donors (Lipinski definition) is 1. The third-order valence-electron chi connectivity index (χ3n) is 4.79. The Hall–Kier alpha value is -1.44. The van der Waals surface area contributed by atoms with E-state index in [9.17, 15) is 26.3 Å². The monoisotopic (exact) mass is 366 g/mol. The Morgan fingerprint density at radius 3 is 2.36 bits per heavy atom. The summed E-state index contributed by atoms with van der Waals surface area (Å²) in [6.07, 6.45) is -6.35. The van der Waals surface area contributed by atoms with Gasteiger partial charge in [-0.2, -0.15) is 26.3 Å². The van der Waals surface area contributed by atoms with E-state index in [0.29, 0.717) is 30.3 Å². The molecule has 0 aromatic heterocycles. The molecule has 1 saturated heterocycles. The SMILES string of the molecule is FC(F)(F)c1ccc(N2CCCC(C(F)(F)F)C2)c(CNC2CC2)c1. The summed E-state index contributed by atoms with van der Waals surface area (Å²) in [5.41, 5.74) is 0.105. The minimum atomic E-state index is -4.47. The molecule has 8 heteroatoms. The number of rotatable bonds is 4. The minimum absolute atomic E-state index is 0.0658. The standard InChI is InChI=1S/C17H20F6N2/c18-16(19,20)12-3-6-15(11(8-12)9-24-14-4-5-14)25-7-1-2-13(10-25)17(21,22)23/h3,6,8,13-14,24H,1-2,4-5,7,9-10H2. The van der Waals surface area contributed by atoms with E-state index in [4.69, 9.17) is 0 Å². The Labute approximate surface area is 142 Å². The van der Waals surface area contributed by atoms with Crippen LogP contribution in [0.2, 0.25) is 0 Å². The maximum absolute atomic E-state index is 13.0. The second-order valence-corrected chi connectivity index (χ2v) is 6.82. The van der Waals surface area contributed by atoms with Gasteiger partial charge in [-0.25, -0.2) is 0 Å². The van der Waals surface area contributed by atoms with Crippen LogP contribution in [0.4, 0.5) is 32.0 Å². The minimum Gasteiger partial charge on any atom is -0.371 e. The molecule has 25 heavy (non-hydrogen) atoms. The summed E-state index contributed by atoms with van der Waals surface area (Å²) in [5.74, 6) is -1.44. The number of hydrogen-bond acceptors (Lipinski definition) is 2. The first-order valence-corrected chi connectivity index (χ1v) is 8.40. The second kappa shape index (κ2) is 6.70. The van der Waals surface area contributed by atoms with Crippen LogP contribution in [0.1, 0.15) is 36.8 Å². The maximum Gasteiger partial charge on any atom is 0.416 e. The van der Waals surface area contributed by atoms with Gasteiger partial charge in [-0.15, -0.1) is 0 Å². The molecule has 0 spiro atoms. The molecular weight excluding hydrogens is 346 g/mol. The molecule has 1 saturated carbocycles. The average Bonchev–Trinajstić information content (AvgIpc) is 3.35. The topological polar surface area (TPSA) is 15.3 Å². The van der Waals surface area contributed by atoms with Gasteiger partial charge in [0.2, 0.25) is 0 Å². The van der Waals surface area contributed by atoms with E-state index < -0.39 is 23.8 Å². The molecule has 1 heterocycles. The molecule has 2 nitrogen and oxygen atoms in total. The van der Waals surface area contributed by atoms with Gasteiger partial charge in [-0.1, -0.05) is 0 Å². The molecule has 2 fully saturated rings. The molecule has 140 valence electrons. The second-order valence-electron chi connectivity index (χ2n) is 6.82. The van der Waals surface area contributed by atoms with Crippen molar-refractivity contribution in [3.05, 3.63) is 29.3 Å². The molecule has 1 atom stereocenters. The van der Waals surface area contributed by atoms with Crippen molar-refractivity contribution in [3.8, 4) is 0 Å². The van der Waals surface area contributed by atoms with Gasteiger partial charge < -0.3 is 10.2 Å². The van der Waals surface area contributed by atoms with Crippen LogP contribution in [0.5, 0.6) is 0 Å². The van der Waals surface area contributed by atoms with Gasteiger partial charge in [0.25, 0.3) is 0 Å². The van der Waals surface area contributed by atoms with Crippen molar-refractivity contribution >= 4 is 5.69 Å². The predicted molar refractivity (Wildman–Crippen MR) is 82.3 cm³/mol. The molecule has 1 aromatic carbocycles. The van der Waals surface area contributed by atoms with Gasteiger partial charge in [0, 0.05) is 31.4 Å². The van der Waals surface area contributed by atoms with Crippen LogP contribution < -0.4 is 10.2 Å². The van der Waals surface area contributed by atoms with E-state index in [1.165, 1.54) is 6.07 Å². The zero-order chi connectivity index (χ0) is 18.2. The lowest BCUT2D eigenvalue weighted by Crippen LogP contribution is -2.42. The number of nitrogens with zero attached hydrogens (tertiary/aromatic N) is 1. The smallest absolute Gasteiger partial charge is 0.371 e. The van der Waals surface area contributed by atoms with E-state index in [0.717, 1.165) is 25.0 Å². The summed E-state index contributed by atoms with van der Waals surface area (Å²) >= 11 is 0. The summed E-state index contributed by atoms with van der Waals surface area (Å²) in [6.45, 7) is 0.455. The summed E-state index contributed by atoms with van der Waals surface area (Å²) in [7, 11) is 0. The summed E-state index contributed by atoms with van der Waals surface area (Å²) in [5, 5.41) is 3.16. The lowest BCUT2D eigenvalue weighted by Gasteiger charge is -2.36. The number of nitrogens with one attached hydrogen (secondary N) is 1. The van der Waals surface area contributed by atoms with Crippen LogP contribution in [0.25, 0.3) is 0 Å². The van der Waals surface area contributed by atoms with Gasteiger partial charge in [0.15, 0.2) is 0 Å². The van der Waals surface area contributed by atoms with Crippen LogP contribution >= 0.6 is 0 Å². The predicted octanol–water partition coefficient (Wildman–Crippen LogP) is 4.74. The number of halogens is 6. The van der Waals surface area contributed by atoms with Crippen molar-refractivity contribution < 1.29 is 26.3 Å². The summed E-state index contributed by atoms with van der Waals surface area (Å²) in [4.78, 5) is 1.58. The zero-order valence-corrected chi connectivity index (χ0v) is 13.6. The quantitative estimate of drug-likeness (QED) is 0.775. The molecule has 0 amide bonds. The van der Waals surface area contributed by atoms with Crippen molar-refractivity contribution in [2.45, 2.75) is 50.6 Å². The largest absolute Gasteiger partial charge is 0.416 e. The number of benzene rings is 1.